The topological polar surface area (TPSA) is 65.5 Å². The van der Waals surface area contributed by atoms with Crippen molar-refractivity contribution in [1.82, 2.24) is 4.98 Å². The van der Waals surface area contributed by atoms with Gasteiger partial charge in [0.25, 0.3) is 0 Å². The predicted octanol–water partition coefficient (Wildman–Crippen LogP) is 3.53. The van der Waals surface area contributed by atoms with Crippen molar-refractivity contribution in [3.8, 4) is 0 Å². The Bertz CT molecular complexity index is 718. The van der Waals surface area contributed by atoms with Gasteiger partial charge in [0.05, 0.1) is 29.0 Å². The number of aromatic nitrogens is 1. The number of methoxy groups -OCH3 is 1. The summed E-state index contributed by atoms with van der Waals surface area (Å²) in [5.41, 5.74) is 0.837. The number of pyridine rings is 1. The first kappa shape index (κ1) is 16.3. The number of esters is 2. The Hall–Kier alpha value is -2.11. The molecule has 0 saturated carbocycles. The van der Waals surface area contributed by atoms with Crippen LogP contribution in [0.3, 0.4) is 0 Å². The van der Waals surface area contributed by atoms with Gasteiger partial charge in [0.15, 0.2) is 0 Å². The Labute approximate surface area is 136 Å². The molecule has 0 aliphatic carbocycles. The van der Waals surface area contributed by atoms with Gasteiger partial charge in [-0.05, 0) is 30.3 Å². The summed E-state index contributed by atoms with van der Waals surface area (Å²) in [7, 11) is 1.26. The minimum absolute atomic E-state index is 0.124. The molecule has 0 radical (unpaired) electrons. The van der Waals surface area contributed by atoms with Crippen LogP contribution in [0, 0.1) is 0 Å². The maximum absolute atomic E-state index is 12.0. The van der Waals surface area contributed by atoms with E-state index in [4.69, 9.17) is 27.9 Å². The summed E-state index contributed by atoms with van der Waals surface area (Å²) in [6, 6.07) is 9.13. The lowest BCUT2D eigenvalue weighted by atomic mass is 10.1. The normalized spacial score (nSPS) is 10.1. The van der Waals surface area contributed by atoms with Gasteiger partial charge in [-0.15, -0.1) is 0 Å². The minimum Gasteiger partial charge on any atom is -0.465 e. The van der Waals surface area contributed by atoms with E-state index in [0.29, 0.717) is 10.7 Å². The molecule has 2 rings (SSSR count). The molecule has 114 valence electrons. The van der Waals surface area contributed by atoms with Gasteiger partial charge >= 0.3 is 11.9 Å². The Morgan fingerprint density at radius 3 is 2.45 bits per heavy atom. The van der Waals surface area contributed by atoms with Crippen LogP contribution in [-0.2, 0) is 16.1 Å². The molecular weight excluding hydrogens is 329 g/mol. The lowest BCUT2D eigenvalue weighted by Gasteiger charge is -2.07. The van der Waals surface area contributed by atoms with Crippen molar-refractivity contribution in [1.29, 1.82) is 0 Å². The molecule has 1 heterocycles. The zero-order valence-corrected chi connectivity index (χ0v) is 13.0. The molecule has 5 nitrogen and oxygen atoms in total. The molecule has 0 aliphatic heterocycles. The van der Waals surface area contributed by atoms with E-state index in [-0.39, 0.29) is 22.9 Å². The van der Waals surface area contributed by atoms with Gasteiger partial charge in [0.2, 0.25) is 0 Å². The standard InChI is InChI=1S/C15H11Cl2NO4/c1-21-14(19)9-3-2-4-10(7-9)15(20)22-8-12-11(16)5-6-13(17)18-12/h2-7H,8H2,1H3. The van der Waals surface area contributed by atoms with Crippen LogP contribution in [0.25, 0.3) is 0 Å². The number of carbonyl (C=O) groups is 2. The molecule has 1 aromatic carbocycles. The fraction of sp³-hybridized carbons (Fsp3) is 0.133. The van der Waals surface area contributed by atoms with Crippen LogP contribution >= 0.6 is 23.2 Å². The monoisotopic (exact) mass is 339 g/mol. The van der Waals surface area contributed by atoms with Crippen LogP contribution in [0.1, 0.15) is 26.4 Å². The second-order valence-electron chi connectivity index (χ2n) is 4.21. The molecule has 7 heteroatoms. The first-order valence-corrected chi connectivity index (χ1v) is 6.93. The van der Waals surface area contributed by atoms with E-state index < -0.39 is 11.9 Å². The van der Waals surface area contributed by atoms with Gasteiger partial charge in [-0.1, -0.05) is 29.3 Å². The summed E-state index contributed by atoms with van der Waals surface area (Å²) in [5.74, 6) is -1.14. The number of carbonyl (C=O) groups excluding carboxylic acids is 2. The van der Waals surface area contributed by atoms with E-state index in [9.17, 15) is 9.59 Å². The lowest BCUT2D eigenvalue weighted by molar-refractivity contribution is 0.0468. The molecule has 22 heavy (non-hydrogen) atoms. The molecule has 0 aliphatic rings. The van der Waals surface area contributed by atoms with Crippen molar-refractivity contribution in [2.75, 3.05) is 7.11 Å². The van der Waals surface area contributed by atoms with E-state index in [1.54, 1.807) is 12.1 Å². The number of halogens is 2. The molecule has 0 atom stereocenters. The Balaban J connectivity index is 2.09. The number of hydrogen-bond donors (Lipinski definition) is 0. The van der Waals surface area contributed by atoms with E-state index in [1.807, 2.05) is 0 Å². The number of hydrogen-bond acceptors (Lipinski definition) is 5. The first-order valence-electron chi connectivity index (χ1n) is 6.17. The Morgan fingerprint density at radius 1 is 1.09 bits per heavy atom. The minimum atomic E-state index is -0.608. The number of nitrogens with zero attached hydrogens (tertiary/aromatic N) is 1. The fourth-order valence-electron chi connectivity index (χ4n) is 1.67. The maximum atomic E-state index is 12.0. The van der Waals surface area contributed by atoms with Crippen molar-refractivity contribution in [3.05, 3.63) is 63.4 Å². The molecule has 0 saturated heterocycles. The third-order valence-electron chi connectivity index (χ3n) is 2.74. The number of rotatable bonds is 4. The average molecular weight is 340 g/mol. The molecule has 0 bridgehead atoms. The quantitative estimate of drug-likeness (QED) is 0.629. The lowest BCUT2D eigenvalue weighted by Crippen LogP contribution is -2.09. The highest BCUT2D eigenvalue weighted by Gasteiger charge is 2.13. The highest BCUT2D eigenvalue weighted by Crippen LogP contribution is 2.18. The van der Waals surface area contributed by atoms with Gasteiger partial charge in [-0.3, -0.25) is 0 Å². The first-order chi connectivity index (χ1) is 10.5. The van der Waals surface area contributed by atoms with Crippen molar-refractivity contribution < 1.29 is 19.1 Å². The van der Waals surface area contributed by atoms with Crippen LogP contribution < -0.4 is 0 Å². The maximum Gasteiger partial charge on any atom is 0.338 e. The van der Waals surface area contributed by atoms with Crippen LogP contribution in [0.4, 0.5) is 0 Å². The fourth-order valence-corrected chi connectivity index (χ4v) is 1.99. The van der Waals surface area contributed by atoms with E-state index >= 15 is 0 Å². The van der Waals surface area contributed by atoms with Crippen molar-refractivity contribution in [2.45, 2.75) is 6.61 Å². The second kappa shape index (κ2) is 7.24. The summed E-state index contributed by atoms with van der Waals surface area (Å²) in [4.78, 5) is 27.4. The zero-order chi connectivity index (χ0) is 16.1. The summed E-state index contributed by atoms with van der Waals surface area (Å²) in [6.45, 7) is -0.124. The summed E-state index contributed by atoms with van der Waals surface area (Å²) >= 11 is 11.7. The van der Waals surface area contributed by atoms with Crippen LogP contribution in [0.15, 0.2) is 36.4 Å². The smallest absolute Gasteiger partial charge is 0.338 e. The van der Waals surface area contributed by atoms with Gasteiger partial charge < -0.3 is 9.47 Å². The van der Waals surface area contributed by atoms with E-state index in [0.717, 1.165) is 0 Å². The van der Waals surface area contributed by atoms with Gasteiger partial charge in [0, 0.05) is 0 Å². The molecule has 0 fully saturated rings. The van der Waals surface area contributed by atoms with Crippen LogP contribution in [0.5, 0.6) is 0 Å². The second-order valence-corrected chi connectivity index (χ2v) is 5.01. The summed E-state index contributed by atoms with van der Waals surface area (Å²) in [5, 5.41) is 0.601. The van der Waals surface area contributed by atoms with Crippen molar-refractivity contribution in [3.63, 3.8) is 0 Å². The van der Waals surface area contributed by atoms with Gasteiger partial charge in [0.1, 0.15) is 11.8 Å². The molecular formula is C15H11Cl2NO4. The Morgan fingerprint density at radius 2 is 1.77 bits per heavy atom. The average Bonchev–Trinajstić information content (AvgIpc) is 2.54. The third-order valence-corrected chi connectivity index (χ3v) is 3.30. The summed E-state index contributed by atoms with van der Waals surface area (Å²) in [6.07, 6.45) is 0. The van der Waals surface area contributed by atoms with Crippen LogP contribution in [0.2, 0.25) is 10.2 Å². The molecule has 0 N–H and O–H groups in total. The third kappa shape index (κ3) is 3.96. The van der Waals surface area contributed by atoms with Crippen LogP contribution in [-0.4, -0.2) is 24.0 Å². The summed E-state index contributed by atoms with van der Waals surface area (Å²) < 4.78 is 9.72. The zero-order valence-electron chi connectivity index (χ0n) is 11.5. The highest BCUT2D eigenvalue weighted by atomic mass is 35.5. The molecule has 0 spiro atoms. The largest absolute Gasteiger partial charge is 0.465 e. The SMILES string of the molecule is COC(=O)c1cccc(C(=O)OCc2nc(Cl)ccc2Cl)c1. The Kier molecular flexibility index (Phi) is 5.35. The van der Waals surface area contributed by atoms with E-state index in [2.05, 4.69) is 9.72 Å². The highest BCUT2D eigenvalue weighted by molar-refractivity contribution is 6.32. The van der Waals surface area contributed by atoms with Crippen molar-refractivity contribution >= 4 is 35.1 Å². The molecule has 0 amide bonds. The number of ether oxygens (including phenoxy) is 2. The number of benzene rings is 1. The van der Waals surface area contributed by atoms with Crippen molar-refractivity contribution in [2.24, 2.45) is 0 Å². The predicted molar refractivity (Wildman–Crippen MR) is 81.2 cm³/mol. The molecule has 0 unspecified atom stereocenters. The van der Waals surface area contributed by atoms with E-state index in [1.165, 1.54) is 31.4 Å². The molecule has 2 aromatic rings. The molecule has 1 aromatic heterocycles. The van der Waals surface area contributed by atoms with Gasteiger partial charge in [-0.25, -0.2) is 14.6 Å². The van der Waals surface area contributed by atoms with Gasteiger partial charge in [-0.2, -0.15) is 0 Å².